The van der Waals surface area contributed by atoms with Gasteiger partial charge in [-0.15, -0.1) is 0 Å². The van der Waals surface area contributed by atoms with Gasteiger partial charge >= 0.3 is 0 Å². The minimum atomic E-state index is 0.121. The highest BCUT2D eigenvalue weighted by molar-refractivity contribution is 5.94. The van der Waals surface area contributed by atoms with Gasteiger partial charge in [0.15, 0.2) is 0 Å². The molecule has 1 aliphatic rings. The maximum absolute atomic E-state index is 12.1. The van der Waals surface area contributed by atoms with Gasteiger partial charge in [0.05, 0.1) is 0 Å². The van der Waals surface area contributed by atoms with Crippen molar-refractivity contribution in [3.8, 4) is 0 Å². The van der Waals surface area contributed by atoms with Crippen molar-refractivity contribution >= 4 is 5.91 Å². The number of nitrogens with zero attached hydrogens (tertiary/aromatic N) is 1. The van der Waals surface area contributed by atoms with Crippen molar-refractivity contribution in [1.29, 1.82) is 0 Å². The van der Waals surface area contributed by atoms with Gasteiger partial charge in [0.1, 0.15) is 0 Å². The fourth-order valence-corrected chi connectivity index (χ4v) is 1.97. The number of hydrogen-bond acceptors (Lipinski definition) is 2. The molecule has 2 rings (SSSR count). The number of carbonyl (C=O) groups excluding carboxylic acids is 1. The maximum atomic E-state index is 12.1. The summed E-state index contributed by atoms with van der Waals surface area (Å²) < 4.78 is 0. The molecule has 1 aromatic carbocycles. The first-order chi connectivity index (χ1) is 8.20. The predicted octanol–water partition coefficient (Wildman–Crippen LogP) is 1.67. The molecular formula is C14H20N2O. The van der Waals surface area contributed by atoms with Gasteiger partial charge in [-0.05, 0) is 49.4 Å². The molecule has 1 fully saturated rings. The van der Waals surface area contributed by atoms with Crippen molar-refractivity contribution in [2.45, 2.75) is 19.3 Å². The number of nitrogens with two attached hydrogens (primary N) is 1. The van der Waals surface area contributed by atoms with Gasteiger partial charge in [-0.2, -0.15) is 0 Å². The summed E-state index contributed by atoms with van der Waals surface area (Å²) in [7, 11) is 1.88. The largest absolute Gasteiger partial charge is 0.341 e. The molecule has 0 unspecified atom stereocenters. The van der Waals surface area contributed by atoms with E-state index in [0.29, 0.717) is 6.54 Å². The van der Waals surface area contributed by atoms with Gasteiger partial charge in [0.2, 0.25) is 0 Å². The van der Waals surface area contributed by atoms with Gasteiger partial charge in [-0.25, -0.2) is 0 Å². The highest BCUT2D eigenvalue weighted by Crippen LogP contribution is 2.29. The van der Waals surface area contributed by atoms with Crippen molar-refractivity contribution in [3.63, 3.8) is 0 Å². The van der Waals surface area contributed by atoms with Crippen LogP contribution in [0.5, 0.6) is 0 Å². The van der Waals surface area contributed by atoms with E-state index in [9.17, 15) is 4.79 Å². The van der Waals surface area contributed by atoms with E-state index in [0.717, 1.165) is 24.4 Å². The molecule has 0 saturated heterocycles. The number of amides is 1. The molecule has 1 aliphatic carbocycles. The lowest BCUT2D eigenvalue weighted by atomic mass is 10.1. The van der Waals surface area contributed by atoms with Crippen molar-refractivity contribution in [2.24, 2.45) is 11.7 Å². The quantitative estimate of drug-likeness (QED) is 0.839. The Morgan fingerprint density at radius 3 is 2.53 bits per heavy atom. The second-order valence-electron chi connectivity index (χ2n) is 4.86. The summed E-state index contributed by atoms with van der Waals surface area (Å²) in [4.78, 5) is 13.9. The molecule has 92 valence electrons. The summed E-state index contributed by atoms with van der Waals surface area (Å²) in [5.41, 5.74) is 7.45. The summed E-state index contributed by atoms with van der Waals surface area (Å²) in [6.45, 7) is 1.54. The van der Waals surface area contributed by atoms with Crippen molar-refractivity contribution < 1.29 is 4.79 Å². The molecule has 0 aliphatic heterocycles. The smallest absolute Gasteiger partial charge is 0.253 e. The van der Waals surface area contributed by atoms with Gasteiger partial charge in [-0.3, -0.25) is 4.79 Å². The van der Waals surface area contributed by atoms with E-state index in [1.54, 1.807) is 0 Å². The third-order valence-corrected chi connectivity index (χ3v) is 3.21. The van der Waals surface area contributed by atoms with Gasteiger partial charge in [0, 0.05) is 19.2 Å². The van der Waals surface area contributed by atoms with E-state index < -0.39 is 0 Å². The van der Waals surface area contributed by atoms with Crippen molar-refractivity contribution in [2.75, 3.05) is 20.1 Å². The van der Waals surface area contributed by atoms with Crippen LogP contribution in [-0.2, 0) is 6.42 Å². The lowest BCUT2D eigenvalue weighted by Crippen LogP contribution is -2.28. The van der Waals surface area contributed by atoms with Gasteiger partial charge in [-0.1, -0.05) is 12.1 Å². The Labute approximate surface area is 103 Å². The number of hydrogen-bond donors (Lipinski definition) is 1. The predicted molar refractivity (Wildman–Crippen MR) is 68.9 cm³/mol. The fourth-order valence-electron chi connectivity index (χ4n) is 1.97. The maximum Gasteiger partial charge on any atom is 0.253 e. The zero-order valence-electron chi connectivity index (χ0n) is 10.4. The number of carbonyl (C=O) groups is 1. The zero-order chi connectivity index (χ0) is 12.3. The highest BCUT2D eigenvalue weighted by Gasteiger charge is 2.25. The molecule has 0 atom stereocenters. The van der Waals surface area contributed by atoms with Crippen LogP contribution in [0.4, 0.5) is 0 Å². The van der Waals surface area contributed by atoms with Crippen LogP contribution in [0.25, 0.3) is 0 Å². The standard InChI is InChI=1S/C14H20N2O/c1-16(10-12-2-3-12)14(17)13-6-4-11(5-7-13)8-9-15/h4-7,12H,2-3,8-10,15H2,1H3. The van der Waals surface area contributed by atoms with Crippen LogP contribution in [0.3, 0.4) is 0 Å². The van der Waals surface area contributed by atoms with E-state index in [1.807, 2.05) is 36.2 Å². The fraction of sp³-hybridized carbons (Fsp3) is 0.500. The summed E-state index contributed by atoms with van der Waals surface area (Å²) in [6, 6.07) is 7.78. The monoisotopic (exact) mass is 232 g/mol. The Hall–Kier alpha value is -1.35. The molecule has 0 aromatic heterocycles. The molecular weight excluding hydrogens is 212 g/mol. The lowest BCUT2D eigenvalue weighted by molar-refractivity contribution is 0.0788. The minimum Gasteiger partial charge on any atom is -0.341 e. The Morgan fingerprint density at radius 1 is 1.35 bits per heavy atom. The van der Waals surface area contributed by atoms with Crippen LogP contribution < -0.4 is 5.73 Å². The van der Waals surface area contributed by atoms with Crippen molar-refractivity contribution in [1.82, 2.24) is 4.90 Å². The molecule has 0 bridgehead atoms. The van der Waals surface area contributed by atoms with Crippen LogP contribution in [0.1, 0.15) is 28.8 Å². The average molecular weight is 232 g/mol. The third-order valence-electron chi connectivity index (χ3n) is 3.21. The Morgan fingerprint density at radius 2 is 2.00 bits per heavy atom. The van der Waals surface area contributed by atoms with Gasteiger partial charge in [0.25, 0.3) is 5.91 Å². The molecule has 3 heteroatoms. The lowest BCUT2D eigenvalue weighted by Gasteiger charge is -2.16. The Bertz CT molecular complexity index is 382. The highest BCUT2D eigenvalue weighted by atomic mass is 16.2. The summed E-state index contributed by atoms with van der Waals surface area (Å²) in [5, 5.41) is 0. The van der Waals surface area contributed by atoms with Crippen LogP contribution in [0.2, 0.25) is 0 Å². The minimum absolute atomic E-state index is 0.121. The molecule has 0 radical (unpaired) electrons. The number of rotatable bonds is 5. The van der Waals surface area contributed by atoms with Crippen LogP contribution >= 0.6 is 0 Å². The van der Waals surface area contributed by atoms with Crippen LogP contribution in [0.15, 0.2) is 24.3 Å². The molecule has 1 aromatic rings. The van der Waals surface area contributed by atoms with Crippen LogP contribution in [-0.4, -0.2) is 30.9 Å². The average Bonchev–Trinajstić information content (AvgIpc) is 3.13. The molecule has 0 heterocycles. The molecule has 2 N–H and O–H groups in total. The van der Waals surface area contributed by atoms with E-state index in [1.165, 1.54) is 18.4 Å². The zero-order valence-corrected chi connectivity index (χ0v) is 10.4. The van der Waals surface area contributed by atoms with E-state index in [-0.39, 0.29) is 5.91 Å². The molecule has 1 saturated carbocycles. The van der Waals surface area contributed by atoms with Crippen molar-refractivity contribution in [3.05, 3.63) is 35.4 Å². The van der Waals surface area contributed by atoms with E-state index in [4.69, 9.17) is 5.73 Å². The second kappa shape index (κ2) is 5.32. The number of benzene rings is 1. The Kier molecular flexibility index (Phi) is 3.79. The Balaban J connectivity index is 1.97. The summed E-state index contributed by atoms with van der Waals surface area (Å²) in [5.74, 6) is 0.858. The van der Waals surface area contributed by atoms with E-state index >= 15 is 0 Å². The summed E-state index contributed by atoms with van der Waals surface area (Å²) in [6.07, 6.45) is 3.41. The van der Waals surface area contributed by atoms with E-state index in [2.05, 4.69) is 0 Å². The molecule has 3 nitrogen and oxygen atoms in total. The first-order valence-electron chi connectivity index (χ1n) is 6.25. The first kappa shape index (κ1) is 12.1. The third kappa shape index (κ3) is 3.30. The normalized spacial score (nSPS) is 14.7. The molecule has 17 heavy (non-hydrogen) atoms. The SMILES string of the molecule is CN(CC1CC1)C(=O)c1ccc(CCN)cc1. The first-order valence-corrected chi connectivity index (χ1v) is 6.25. The molecule has 0 spiro atoms. The van der Waals surface area contributed by atoms with Gasteiger partial charge < -0.3 is 10.6 Å². The topological polar surface area (TPSA) is 46.3 Å². The summed E-state index contributed by atoms with van der Waals surface area (Å²) >= 11 is 0. The van der Waals surface area contributed by atoms with Crippen LogP contribution in [0, 0.1) is 5.92 Å². The second-order valence-corrected chi connectivity index (χ2v) is 4.86. The molecule has 1 amide bonds.